The van der Waals surface area contributed by atoms with Gasteiger partial charge in [-0.05, 0) is 30.2 Å². The number of nitrogens with zero attached hydrogens (tertiary/aromatic N) is 2. The molecule has 25 heavy (non-hydrogen) atoms. The van der Waals surface area contributed by atoms with E-state index in [1.54, 1.807) is 0 Å². The van der Waals surface area contributed by atoms with Crippen LogP contribution in [0.5, 0.6) is 0 Å². The average molecular weight is 355 g/mol. The summed E-state index contributed by atoms with van der Waals surface area (Å²) in [6, 6.07) is 18.6. The first-order chi connectivity index (χ1) is 12.0. The van der Waals surface area contributed by atoms with Gasteiger partial charge in [0.15, 0.2) is 0 Å². The molecule has 2 aliphatic heterocycles. The SMILES string of the molecule is CC(c1ccccc1)N1CC2(CN(C(=O)Cc3ccc(Cl)cc3)C2)C1. The van der Waals surface area contributed by atoms with E-state index >= 15 is 0 Å². The largest absolute Gasteiger partial charge is 0.341 e. The van der Waals surface area contributed by atoms with Crippen molar-refractivity contribution in [2.24, 2.45) is 5.41 Å². The van der Waals surface area contributed by atoms with E-state index in [0.717, 1.165) is 31.7 Å². The summed E-state index contributed by atoms with van der Waals surface area (Å²) in [4.78, 5) is 16.9. The fourth-order valence-electron chi connectivity index (χ4n) is 4.06. The topological polar surface area (TPSA) is 23.6 Å². The maximum Gasteiger partial charge on any atom is 0.227 e. The highest BCUT2D eigenvalue weighted by molar-refractivity contribution is 6.30. The summed E-state index contributed by atoms with van der Waals surface area (Å²) in [5, 5.41) is 0.709. The Kier molecular flexibility index (Phi) is 4.30. The van der Waals surface area contributed by atoms with E-state index in [4.69, 9.17) is 11.6 Å². The number of hydrogen-bond acceptors (Lipinski definition) is 2. The second kappa shape index (κ2) is 6.47. The van der Waals surface area contributed by atoms with Crippen LogP contribution in [0.15, 0.2) is 54.6 Å². The number of benzene rings is 2. The molecule has 2 heterocycles. The lowest BCUT2D eigenvalue weighted by Gasteiger charge is -2.61. The molecule has 0 saturated carbocycles. The van der Waals surface area contributed by atoms with Gasteiger partial charge in [0, 0.05) is 42.7 Å². The van der Waals surface area contributed by atoms with Crippen LogP contribution in [0, 0.1) is 5.41 Å². The standard InChI is InChI=1S/C21H23ClN2O/c1-16(18-5-3-2-4-6-18)23-12-21(13-23)14-24(15-21)20(25)11-17-7-9-19(22)10-8-17/h2-10,16H,11-15H2,1H3. The Morgan fingerprint density at radius 2 is 1.68 bits per heavy atom. The third kappa shape index (κ3) is 3.31. The average Bonchev–Trinajstić information content (AvgIpc) is 2.55. The van der Waals surface area contributed by atoms with E-state index in [2.05, 4.69) is 42.2 Å². The predicted molar refractivity (Wildman–Crippen MR) is 101 cm³/mol. The molecule has 2 fully saturated rings. The quantitative estimate of drug-likeness (QED) is 0.834. The highest BCUT2D eigenvalue weighted by atomic mass is 35.5. The molecule has 2 saturated heterocycles. The predicted octanol–water partition coefficient (Wildman–Crippen LogP) is 3.79. The third-order valence-corrected chi connectivity index (χ3v) is 5.83. The monoisotopic (exact) mass is 354 g/mol. The number of rotatable bonds is 4. The summed E-state index contributed by atoms with van der Waals surface area (Å²) in [6.45, 7) is 6.25. The van der Waals surface area contributed by atoms with Gasteiger partial charge >= 0.3 is 0 Å². The van der Waals surface area contributed by atoms with Crippen molar-refractivity contribution in [1.82, 2.24) is 9.80 Å². The molecule has 1 spiro atoms. The number of hydrogen-bond donors (Lipinski definition) is 0. The summed E-state index contributed by atoms with van der Waals surface area (Å²) >= 11 is 5.90. The first-order valence-electron chi connectivity index (χ1n) is 8.86. The van der Waals surface area contributed by atoms with E-state index < -0.39 is 0 Å². The molecule has 0 bridgehead atoms. The van der Waals surface area contributed by atoms with Crippen molar-refractivity contribution < 1.29 is 4.79 Å². The Morgan fingerprint density at radius 1 is 1.04 bits per heavy atom. The fraction of sp³-hybridized carbons (Fsp3) is 0.381. The van der Waals surface area contributed by atoms with E-state index in [0.29, 0.717) is 22.9 Å². The number of amides is 1. The van der Waals surface area contributed by atoms with Gasteiger partial charge in [0.1, 0.15) is 0 Å². The molecule has 0 aliphatic carbocycles. The number of carbonyl (C=O) groups excluding carboxylic acids is 1. The van der Waals surface area contributed by atoms with E-state index in [-0.39, 0.29) is 5.91 Å². The minimum atomic E-state index is 0.225. The highest BCUT2D eigenvalue weighted by Gasteiger charge is 2.53. The molecule has 0 aromatic heterocycles. The van der Waals surface area contributed by atoms with Gasteiger partial charge in [-0.2, -0.15) is 0 Å². The molecule has 130 valence electrons. The molecule has 1 unspecified atom stereocenters. The zero-order chi connectivity index (χ0) is 17.4. The van der Waals surface area contributed by atoms with Crippen molar-refractivity contribution in [3.05, 3.63) is 70.7 Å². The Bertz CT molecular complexity index is 745. The molecular weight excluding hydrogens is 332 g/mol. The van der Waals surface area contributed by atoms with Gasteiger partial charge in [0.05, 0.1) is 6.42 Å². The molecular formula is C21H23ClN2O. The maximum atomic E-state index is 12.4. The van der Waals surface area contributed by atoms with Crippen LogP contribution in [0.25, 0.3) is 0 Å². The summed E-state index contributed by atoms with van der Waals surface area (Å²) < 4.78 is 0. The molecule has 2 aliphatic rings. The van der Waals surface area contributed by atoms with Gasteiger partial charge in [0.25, 0.3) is 0 Å². The minimum absolute atomic E-state index is 0.225. The molecule has 4 rings (SSSR count). The molecule has 0 radical (unpaired) electrons. The molecule has 0 N–H and O–H groups in total. The van der Waals surface area contributed by atoms with E-state index in [1.807, 2.05) is 29.2 Å². The van der Waals surface area contributed by atoms with Crippen LogP contribution in [-0.4, -0.2) is 41.9 Å². The van der Waals surface area contributed by atoms with Crippen LogP contribution in [0.3, 0.4) is 0 Å². The normalized spacial score (nSPS) is 20.0. The van der Waals surface area contributed by atoms with Crippen molar-refractivity contribution in [2.45, 2.75) is 19.4 Å². The lowest BCUT2D eigenvalue weighted by atomic mass is 9.71. The Balaban J connectivity index is 1.27. The van der Waals surface area contributed by atoms with Crippen molar-refractivity contribution in [3.8, 4) is 0 Å². The van der Waals surface area contributed by atoms with Gasteiger partial charge in [0.2, 0.25) is 5.91 Å². The Hall–Kier alpha value is -1.84. The first-order valence-corrected chi connectivity index (χ1v) is 9.24. The van der Waals surface area contributed by atoms with Gasteiger partial charge in [-0.25, -0.2) is 0 Å². The van der Waals surface area contributed by atoms with Gasteiger partial charge in [-0.3, -0.25) is 9.69 Å². The van der Waals surface area contributed by atoms with Crippen LogP contribution >= 0.6 is 11.6 Å². The Morgan fingerprint density at radius 3 is 2.32 bits per heavy atom. The number of carbonyl (C=O) groups is 1. The lowest BCUT2D eigenvalue weighted by Crippen LogP contribution is -2.73. The molecule has 1 atom stereocenters. The number of halogens is 1. The first kappa shape index (κ1) is 16.6. The molecule has 3 nitrogen and oxygen atoms in total. The van der Waals surface area contributed by atoms with Crippen molar-refractivity contribution in [3.63, 3.8) is 0 Å². The van der Waals surface area contributed by atoms with Crippen LogP contribution in [0.4, 0.5) is 0 Å². The van der Waals surface area contributed by atoms with Crippen LogP contribution in [-0.2, 0) is 11.2 Å². The van der Waals surface area contributed by atoms with Gasteiger partial charge < -0.3 is 4.90 Å². The van der Waals surface area contributed by atoms with Crippen molar-refractivity contribution >= 4 is 17.5 Å². The fourth-order valence-corrected chi connectivity index (χ4v) is 4.19. The summed E-state index contributed by atoms with van der Waals surface area (Å²) in [7, 11) is 0. The summed E-state index contributed by atoms with van der Waals surface area (Å²) in [6.07, 6.45) is 0.470. The molecule has 2 aromatic rings. The Labute approximate surface area is 154 Å². The van der Waals surface area contributed by atoms with Gasteiger partial charge in [-0.15, -0.1) is 0 Å². The summed E-state index contributed by atoms with van der Waals surface area (Å²) in [5.74, 6) is 0.225. The molecule has 2 aromatic carbocycles. The van der Waals surface area contributed by atoms with E-state index in [1.165, 1.54) is 5.56 Å². The minimum Gasteiger partial charge on any atom is -0.341 e. The van der Waals surface area contributed by atoms with Crippen LogP contribution < -0.4 is 0 Å². The zero-order valence-electron chi connectivity index (χ0n) is 14.5. The second-order valence-electron chi connectivity index (χ2n) is 7.54. The third-order valence-electron chi connectivity index (χ3n) is 5.58. The smallest absolute Gasteiger partial charge is 0.227 e. The van der Waals surface area contributed by atoms with Crippen LogP contribution in [0.1, 0.15) is 24.1 Å². The maximum absolute atomic E-state index is 12.4. The van der Waals surface area contributed by atoms with Crippen molar-refractivity contribution in [2.75, 3.05) is 26.2 Å². The zero-order valence-corrected chi connectivity index (χ0v) is 15.2. The highest BCUT2D eigenvalue weighted by Crippen LogP contribution is 2.43. The second-order valence-corrected chi connectivity index (χ2v) is 7.98. The van der Waals surface area contributed by atoms with Gasteiger partial charge in [-0.1, -0.05) is 54.1 Å². The number of likely N-dealkylation sites (tertiary alicyclic amines) is 2. The van der Waals surface area contributed by atoms with E-state index in [9.17, 15) is 4.79 Å². The van der Waals surface area contributed by atoms with Crippen LogP contribution in [0.2, 0.25) is 5.02 Å². The molecule has 1 amide bonds. The molecule has 4 heteroatoms. The van der Waals surface area contributed by atoms with Crippen molar-refractivity contribution in [1.29, 1.82) is 0 Å². The lowest BCUT2D eigenvalue weighted by molar-refractivity contribution is -0.162. The summed E-state index contributed by atoms with van der Waals surface area (Å²) in [5.41, 5.74) is 2.73.